The van der Waals surface area contributed by atoms with Crippen LogP contribution in [0.1, 0.15) is 62.7 Å². The second-order valence-corrected chi connectivity index (χ2v) is 9.51. The first-order valence-corrected chi connectivity index (χ1v) is 11.7. The Morgan fingerprint density at radius 1 is 1.07 bits per heavy atom. The molecule has 2 aromatic heterocycles. The highest BCUT2D eigenvalue weighted by Gasteiger charge is 2.27. The van der Waals surface area contributed by atoms with Crippen LogP contribution in [0.2, 0.25) is 0 Å². The second kappa shape index (κ2) is 8.36. The van der Waals surface area contributed by atoms with E-state index < -0.39 is 0 Å². The van der Waals surface area contributed by atoms with Crippen molar-refractivity contribution in [3.05, 3.63) is 16.3 Å². The van der Waals surface area contributed by atoms with E-state index in [1.165, 1.54) is 46.3 Å². The van der Waals surface area contributed by atoms with Crippen LogP contribution in [0.25, 0.3) is 10.2 Å². The Bertz CT molecular complexity index is 852. The first-order chi connectivity index (χ1) is 13.6. The van der Waals surface area contributed by atoms with E-state index in [4.69, 9.17) is 9.97 Å². The summed E-state index contributed by atoms with van der Waals surface area (Å²) >= 11 is 1.90. The van der Waals surface area contributed by atoms with Gasteiger partial charge in [-0.15, -0.1) is 11.3 Å². The van der Waals surface area contributed by atoms with E-state index in [2.05, 4.69) is 11.8 Å². The zero-order valence-electron chi connectivity index (χ0n) is 17.5. The number of aryl methyl sites for hydroxylation is 3. The summed E-state index contributed by atoms with van der Waals surface area (Å²) in [6, 6.07) is 0. The smallest absolute Gasteiger partial charge is 0.225 e. The van der Waals surface area contributed by atoms with Crippen molar-refractivity contribution in [3.63, 3.8) is 0 Å². The van der Waals surface area contributed by atoms with Crippen molar-refractivity contribution in [2.45, 2.75) is 65.7 Å². The van der Waals surface area contributed by atoms with E-state index >= 15 is 0 Å². The maximum atomic E-state index is 12.4. The standard InChI is InChI=1S/C22H32N4OS/c1-4-8-18-23-20(25-11-13-26(14-12-25)22(27)15(2)3)19-16-9-6-5-7-10-17(16)28-21(19)24-18/h15H,4-14H2,1-3H3. The zero-order valence-corrected chi connectivity index (χ0v) is 18.3. The number of fused-ring (bicyclic) bond motifs is 3. The van der Waals surface area contributed by atoms with Gasteiger partial charge in [-0.25, -0.2) is 9.97 Å². The molecule has 1 fully saturated rings. The summed E-state index contributed by atoms with van der Waals surface area (Å²) in [4.78, 5) is 29.5. The summed E-state index contributed by atoms with van der Waals surface area (Å²) in [7, 11) is 0. The molecule has 6 heteroatoms. The van der Waals surface area contributed by atoms with Crippen LogP contribution in [0.15, 0.2) is 0 Å². The topological polar surface area (TPSA) is 49.3 Å². The van der Waals surface area contributed by atoms with Crippen molar-refractivity contribution in [3.8, 4) is 0 Å². The quantitative estimate of drug-likeness (QED) is 0.721. The van der Waals surface area contributed by atoms with Gasteiger partial charge in [-0.2, -0.15) is 0 Å². The number of anilines is 1. The van der Waals surface area contributed by atoms with Crippen LogP contribution < -0.4 is 4.90 Å². The molecule has 0 N–H and O–H groups in total. The number of carbonyl (C=O) groups excluding carboxylic acids is 1. The number of piperazine rings is 1. The maximum absolute atomic E-state index is 12.4. The van der Waals surface area contributed by atoms with E-state index in [0.717, 1.165) is 57.1 Å². The van der Waals surface area contributed by atoms with Gasteiger partial charge < -0.3 is 9.80 Å². The van der Waals surface area contributed by atoms with Crippen molar-refractivity contribution < 1.29 is 4.79 Å². The zero-order chi connectivity index (χ0) is 19.7. The summed E-state index contributed by atoms with van der Waals surface area (Å²) in [5.74, 6) is 2.44. The predicted octanol–water partition coefficient (Wildman–Crippen LogP) is 4.22. The molecule has 0 bridgehead atoms. The number of nitrogens with zero attached hydrogens (tertiary/aromatic N) is 4. The lowest BCUT2D eigenvalue weighted by Gasteiger charge is -2.36. The average Bonchev–Trinajstić information content (AvgIpc) is 2.88. The molecule has 1 aliphatic heterocycles. The predicted molar refractivity (Wildman–Crippen MR) is 116 cm³/mol. The molecule has 0 atom stereocenters. The van der Waals surface area contributed by atoms with Crippen LogP contribution in [0.4, 0.5) is 5.82 Å². The Hall–Kier alpha value is -1.69. The van der Waals surface area contributed by atoms with Crippen LogP contribution in [0.5, 0.6) is 0 Å². The number of carbonyl (C=O) groups is 1. The van der Waals surface area contributed by atoms with Gasteiger partial charge in [0.1, 0.15) is 16.5 Å². The molecule has 5 nitrogen and oxygen atoms in total. The molecule has 152 valence electrons. The van der Waals surface area contributed by atoms with Crippen molar-refractivity contribution >= 4 is 33.3 Å². The third-order valence-corrected chi connectivity index (χ3v) is 7.14. The molecule has 0 spiro atoms. The van der Waals surface area contributed by atoms with Gasteiger partial charge in [0.25, 0.3) is 0 Å². The van der Waals surface area contributed by atoms with Crippen LogP contribution in [-0.2, 0) is 24.1 Å². The molecule has 4 rings (SSSR count). The molecule has 0 radical (unpaired) electrons. The third kappa shape index (κ3) is 3.76. The fourth-order valence-electron chi connectivity index (χ4n) is 4.43. The molecule has 1 amide bonds. The van der Waals surface area contributed by atoms with Gasteiger partial charge in [0.05, 0.1) is 5.39 Å². The van der Waals surface area contributed by atoms with Crippen LogP contribution >= 0.6 is 11.3 Å². The monoisotopic (exact) mass is 400 g/mol. The van der Waals surface area contributed by atoms with Crippen LogP contribution in [0.3, 0.4) is 0 Å². The fourth-order valence-corrected chi connectivity index (χ4v) is 5.70. The van der Waals surface area contributed by atoms with Gasteiger partial charge in [-0.3, -0.25) is 4.79 Å². The van der Waals surface area contributed by atoms with E-state index in [1.807, 2.05) is 30.1 Å². The highest BCUT2D eigenvalue weighted by molar-refractivity contribution is 7.19. The second-order valence-electron chi connectivity index (χ2n) is 8.43. The van der Waals surface area contributed by atoms with Gasteiger partial charge in [0.15, 0.2) is 0 Å². The van der Waals surface area contributed by atoms with Crippen molar-refractivity contribution in [1.29, 1.82) is 0 Å². The largest absolute Gasteiger partial charge is 0.352 e. The maximum Gasteiger partial charge on any atom is 0.225 e. The Morgan fingerprint density at radius 3 is 2.54 bits per heavy atom. The number of aromatic nitrogens is 2. The molecule has 0 aromatic carbocycles. The molecule has 2 aliphatic rings. The van der Waals surface area contributed by atoms with Gasteiger partial charge in [0.2, 0.25) is 5.91 Å². The Labute approximate surface area is 172 Å². The van der Waals surface area contributed by atoms with Crippen molar-refractivity contribution in [2.24, 2.45) is 5.92 Å². The average molecular weight is 401 g/mol. The lowest BCUT2D eigenvalue weighted by Crippen LogP contribution is -2.50. The highest BCUT2D eigenvalue weighted by Crippen LogP contribution is 2.39. The Morgan fingerprint density at radius 2 is 1.82 bits per heavy atom. The summed E-state index contributed by atoms with van der Waals surface area (Å²) < 4.78 is 0. The van der Waals surface area contributed by atoms with Gasteiger partial charge in [-0.1, -0.05) is 27.2 Å². The molecular weight excluding hydrogens is 368 g/mol. The first kappa shape index (κ1) is 19.6. The molecule has 3 heterocycles. The lowest BCUT2D eigenvalue weighted by atomic mass is 10.1. The molecular formula is C22H32N4OS. The van der Waals surface area contributed by atoms with Crippen molar-refractivity contribution in [1.82, 2.24) is 14.9 Å². The minimum atomic E-state index is 0.0705. The highest BCUT2D eigenvalue weighted by atomic mass is 32.1. The van der Waals surface area contributed by atoms with E-state index in [1.54, 1.807) is 0 Å². The number of amides is 1. The van der Waals surface area contributed by atoms with Crippen molar-refractivity contribution in [2.75, 3.05) is 31.1 Å². The number of rotatable bonds is 4. The van der Waals surface area contributed by atoms with Gasteiger partial charge in [0, 0.05) is 43.4 Å². The summed E-state index contributed by atoms with van der Waals surface area (Å²) in [6.07, 6.45) is 8.22. The SMILES string of the molecule is CCCc1nc(N2CCN(C(=O)C(C)C)CC2)c2c3c(sc2n1)CCCCC3. The summed E-state index contributed by atoms with van der Waals surface area (Å²) in [6.45, 7) is 9.46. The minimum Gasteiger partial charge on any atom is -0.352 e. The molecule has 2 aromatic rings. The minimum absolute atomic E-state index is 0.0705. The van der Waals surface area contributed by atoms with Crippen LogP contribution in [-0.4, -0.2) is 47.0 Å². The normalized spacial score (nSPS) is 17.9. The third-order valence-electron chi connectivity index (χ3n) is 5.95. The van der Waals surface area contributed by atoms with E-state index in [0.29, 0.717) is 0 Å². The number of thiophene rings is 1. The summed E-state index contributed by atoms with van der Waals surface area (Å²) in [5.41, 5.74) is 1.51. The molecule has 0 unspecified atom stereocenters. The Balaban J connectivity index is 1.69. The van der Waals surface area contributed by atoms with Gasteiger partial charge in [-0.05, 0) is 37.7 Å². The Kier molecular flexibility index (Phi) is 5.85. The van der Waals surface area contributed by atoms with E-state index in [-0.39, 0.29) is 11.8 Å². The molecule has 1 saturated heterocycles. The lowest BCUT2D eigenvalue weighted by molar-refractivity contribution is -0.134. The molecule has 28 heavy (non-hydrogen) atoms. The molecule has 0 saturated carbocycles. The molecule has 1 aliphatic carbocycles. The van der Waals surface area contributed by atoms with Gasteiger partial charge >= 0.3 is 0 Å². The van der Waals surface area contributed by atoms with Crippen LogP contribution in [0, 0.1) is 5.92 Å². The first-order valence-electron chi connectivity index (χ1n) is 10.9. The fraction of sp³-hybridized carbons (Fsp3) is 0.682. The number of hydrogen-bond acceptors (Lipinski definition) is 5. The summed E-state index contributed by atoms with van der Waals surface area (Å²) in [5, 5.41) is 1.31. The van der Waals surface area contributed by atoms with E-state index in [9.17, 15) is 4.79 Å². The number of hydrogen-bond donors (Lipinski definition) is 0.